The van der Waals surface area contributed by atoms with Gasteiger partial charge in [0.2, 0.25) is 0 Å². The van der Waals surface area contributed by atoms with Crippen LogP contribution in [0.1, 0.15) is 58.3 Å². The number of carbonyl (C=O) groups is 2. The Morgan fingerprint density at radius 3 is 2.50 bits per heavy atom. The molecule has 0 spiro atoms. The zero-order valence-corrected chi connectivity index (χ0v) is 19.5. The van der Waals surface area contributed by atoms with E-state index >= 15 is 0 Å². The second kappa shape index (κ2) is 9.44. The first-order valence-electron chi connectivity index (χ1n) is 10.2. The minimum absolute atomic E-state index is 0.00429. The van der Waals surface area contributed by atoms with Crippen LogP contribution in [0.3, 0.4) is 0 Å². The molecule has 174 valence electrons. The third-order valence-electron chi connectivity index (χ3n) is 5.75. The van der Waals surface area contributed by atoms with E-state index in [4.69, 9.17) is 9.47 Å². The smallest absolute Gasteiger partial charge is 0.387 e. The normalized spacial score (nSPS) is 15.8. The predicted octanol–water partition coefficient (Wildman–Crippen LogP) is 5.55. The molecule has 1 heterocycles. The molecule has 0 saturated carbocycles. The molecule has 3 rings (SSSR count). The maximum absolute atomic E-state index is 12.9. The summed E-state index contributed by atoms with van der Waals surface area (Å²) in [4.78, 5) is 26.5. The molecule has 32 heavy (non-hydrogen) atoms. The van der Waals surface area contributed by atoms with Gasteiger partial charge in [-0.3, -0.25) is 4.79 Å². The number of halogens is 2. The van der Waals surface area contributed by atoms with E-state index in [0.717, 1.165) is 29.7 Å². The summed E-state index contributed by atoms with van der Waals surface area (Å²) in [5, 5.41) is 3.22. The van der Waals surface area contributed by atoms with Gasteiger partial charge in [-0.05, 0) is 54.4 Å². The molecule has 0 saturated heterocycles. The highest BCUT2D eigenvalue weighted by Gasteiger charge is 2.34. The topological polar surface area (TPSA) is 73.9 Å². The molecule has 1 aromatic carbocycles. The van der Waals surface area contributed by atoms with Gasteiger partial charge < -0.3 is 19.5 Å². The van der Waals surface area contributed by atoms with Gasteiger partial charge in [-0.15, -0.1) is 11.3 Å². The molecule has 6 nitrogen and oxygen atoms in total. The van der Waals surface area contributed by atoms with E-state index in [0.29, 0.717) is 16.5 Å². The fraction of sp³-hybridized carbons (Fsp3) is 0.478. The summed E-state index contributed by atoms with van der Waals surface area (Å²) in [6.07, 6.45) is 2.52. The van der Waals surface area contributed by atoms with Gasteiger partial charge in [-0.2, -0.15) is 8.78 Å². The molecule has 0 aliphatic heterocycles. The van der Waals surface area contributed by atoms with Crippen molar-refractivity contribution in [3.05, 3.63) is 39.8 Å². The van der Waals surface area contributed by atoms with E-state index in [2.05, 4.69) is 30.8 Å². The van der Waals surface area contributed by atoms with Gasteiger partial charge in [0, 0.05) is 10.4 Å². The van der Waals surface area contributed by atoms with Crippen LogP contribution in [0.25, 0.3) is 0 Å². The summed E-state index contributed by atoms with van der Waals surface area (Å²) in [5.74, 6) is -0.693. The number of carbonyl (C=O) groups excluding carboxylic acids is 2. The number of alkyl halides is 2. The molecule has 9 heteroatoms. The van der Waals surface area contributed by atoms with Crippen molar-refractivity contribution in [3.63, 3.8) is 0 Å². The highest BCUT2D eigenvalue weighted by atomic mass is 32.1. The van der Waals surface area contributed by atoms with Gasteiger partial charge in [0.15, 0.2) is 11.5 Å². The maximum atomic E-state index is 12.9. The quantitative estimate of drug-likeness (QED) is 0.564. The Hall–Kier alpha value is -2.68. The van der Waals surface area contributed by atoms with Gasteiger partial charge in [0.05, 0.1) is 19.8 Å². The minimum Gasteiger partial charge on any atom is -0.493 e. The Balaban J connectivity index is 1.91. The number of thiophene rings is 1. The average molecular weight is 468 g/mol. The van der Waals surface area contributed by atoms with Crippen LogP contribution >= 0.6 is 11.3 Å². The predicted molar refractivity (Wildman–Crippen MR) is 118 cm³/mol. The number of esters is 1. The number of amides is 1. The molecule has 1 amide bonds. The van der Waals surface area contributed by atoms with E-state index in [9.17, 15) is 18.4 Å². The van der Waals surface area contributed by atoms with Crippen LogP contribution < -0.4 is 14.8 Å². The summed E-state index contributed by atoms with van der Waals surface area (Å²) in [6, 6.07) is 3.92. The van der Waals surface area contributed by atoms with Crippen LogP contribution in [0, 0.1) is 11.3 Å². The zero-order valence-electron chi connectivity index (χ0n) is 18.7. The van der Waals surface area contributed by atoms with Crippen LogP contribution in [0.5, 0.6) is 11.5 Å². The summed E-state index contributed by atoms with van der Waals surface area (Å²) < 4.78 is 39.5. The molecule has 1 N–H and O–H groups in total. The third kappa shape index (κ3) is 5.03. The van der Waals surface area contributed by atoms with Crippen LogP contribution in [0.15, 0.2) is 18.2 Å². The van der Waals surface area contributed by atoms with Crippen LogP contribution in [0.4, 0.5) is 13.8 Å². The van der Waals surface area contributed by atoms with Gasteiger partial charge in [-0.1, -0.05) is 20.8 Å². The van der Waals surface area contributed by atoms with Crippen molar-refractivity contribution >= 4 is 28.2 Å². The zero-order chi connectivity index (χ0) is 23.6. The Morgan fingerprint density at radius 2 is 1.91 bits per heavy atom. The molecule has 1 aromatic heterocycles. The fourth-order valence-electron chi connectivity index (χ4n) is 3.91. The van der Waals surface area contributed by atoms with E-state index in [1.807, 2.05) is 0 Å². The standard InChI is InChI=1S/C23H27F2NO5S/c1-23(2,3)13-7-8-14-17(11-13)32-20(18(14)21(28)30-5)26-19(27)12-6-9-15(31-22(24)25)16(10-12)29-4/h6,9-10,13,22H,7-8,11H2,1-5H3,(H,26,27)/t13-/m0/s1. The highest BCUT2D eigenvalue weighted by molar-refractivity contribution is 7.17. The third-order valence-corrected chi connectivity index (χ3v) is 6.92. The van der Waals surface area contributed by atoms with E-state index in [-0.39, 0.29) is 22.5 Å². The number of methoxy groups -OCH3 is 2. The lowest BCUT2D eigenvalue weighted by Crippen LogP contribution is -2.26. The molecular weight excluding hydrogens is 440 g/mol. The number of hydrogen-bond acceptors (Lipinski definition) is 6. The molecule has 0 bridgehead atoms. The summed E-state index contributed by atoms with van der Waals surface area (Å²) in [7, 11) is 2.61. The number of nitrogens with one attached hydrogen (secondary N) is 1. The molecule has 1 aliphatic carbocycles. The Kier molecular flexibility index (Phi) is 7.07. The van der Waals surface area contributed by atoms with Crippen molar-refractivity contribution in [1.29, 1.82) is 0 Å². The van der Waals surface area contributed by atoms with Gasteiger partial charge in [0.25, 0.3) is 5.91 Å². The molecule has 0 fully saturated rings. The SMILES string of the molecule is COC(=O)c1c(NC(=O)c2ccc(OC(F)F)c(OC)c2)sc2c1CC[C@H](C(C)(C)C)C2. The lowest BCUT2D eigenvalue weighted by Gasteiger charge is -2.33. The number of ether oxygens (including phenoxy) is 3. The summed E-state index contributed by atoms with van der Waals surface area (Å²) in [6.45, 7) is 3.60. The van der Waals surface area contributed by atoms with Crippen molar-refractivity contribution in [2.75, 3.05) is 19.5 Å². The second-order valence-corrected chi connectivity index (χ2v) is 9.81. The van der Waals surface area contributed by atoms with E-state index in [1.54, 1.807) is 0 Å². The first-order chi connectivity index (χ1) is 15.0. The number of anilines is 1. The monoisotopic (exact) mass is 467 g/mol. The molecule has 2 aromatic rings. The van der Waals surface area contributed by atoms with Gasteiger partial charge >= 0.3 is 12.6 Å². The van der Waals surface area contributed by atoms with Crippen LogP contribution in [-0.4, -0.2) is 32.7 Å². The molecule has 1 atom stereocenters. The molecule has 0 unspecified atom stereocenters. The van der Waals surface area contributed by atoms with Crippen molar-refractivity contribution in [3.8, 4) is 11.5 Å². The Morgan fingerprint density at radius 1 is 1.19 bits per heavy atom. The number of rotatable bonds is 6. The van der Waals surface area contributed by atoms with Crippen LogP contribution in [-0.2, 0) is 17.6 Å². The lowest BCUT2D eigenvalue weighted by molar-refractivity contribution is -0.0512. The first-order valence-corrected chi connectivity index (χ1v) is 11.0. The molecular formula is C23H27F2NO5S. The average Bonchev–Trinajstić information content (AvgIpc) is 3.09. The molecule has 1 aliphatic rings. The van der Waals surface area contributed by atoms with Gasteiger partial charge in [0.1, 0.15) is 5.00 Å². The second-order valence-electron chi connectivity index (χ2n) is 8.70. The number of hydrogen-bond donors (Lipinski definition) is 1. The van der Waals surface area contributed by atoms with Crippen molar-refractivity contribution < 1.29 is 32.6 Å². The van der Waals surface area contributed by atoms with E-state index in [1.165, 1.54) is 43.8 Å². The van der Waals surface area contributed by atoms with E-state index < -0.39 is 18.5 Å². The molecule has 0 radical (unpaired) electrons. The minimum atomic E-state index is -3.01. The maximum Gasteiger partial charge on any atom is 0.387 e. The summed E-state index contributed by atoms with van der Waals surface area (Å²) >= 11 is 1.38. The Labute approximate surface area is 189 Å². The lowest BCUT2D eigenvalue weighted by atomic mass is 9.72. The fourth-order valence-corrected chi connectivity index (χ4v) is 5.22. The largest absolute Gasteiger partial charge is 0.493 e. The van der Waals surface area contributed by atoms with Gasteiger partial charge in [-0.25, -0.2) is 4.79 Å². The van der Waals surface area contributed by atoms with Crippen molar-refractivity contribution in [1.82, 2.24) is 0 Å². The van der Waals surface area contributed by atoms with Crippen LogP contribution in [0.2, 0.25) is 0 Å². The highest BCUT2D eigenvalue weighted by Crippen LogP contribution is 2.44. The van der Waals surface area contributed by atoms with Crippen molar-refractivity contribution in [2.45, 2.75) is 46.6 Å². The number of fused-ring (bicyclic) bond motifs is 1. The first kappa shape index (κ1) is 24.0. The Bertz CT molecular complexity index is 1010. The number of benzene rings is 1. The van der Waals surface area contributed by atoms with Crippen molar-refractivity contribution in [2.24, 2.45) is 11.3 Å². The summed E-state index contributed by atoms with van der Waals surface area (Å²) in [5.41, 5.74) is 1.63.